The largest absolute Gasteiger partial charge is 0.343 e. The molecule has 1 N–H and O–H groups in total. The Hall–Kier alpha value is -1.38. The molecule has 43 valence electrons. The summed E-state index contributed by atoms with van der Waals surface area (Å²) in [7, 11) is 0. The summed E-state index contributed by atoms with van der Waals surface area (Å²) < 4.78 is 0. The fourth-order valence-electron chi connectivity index (χ4n) is 0.728. The molecule has 9 heavy (non-hydrogen) atoms. The first-order chi connectivity index (χ1) is 4.47. The molecule has 2 aromatic heterocycles. The molecule has 0 aliphatic carbocycles. The predicted molar refractivity (Wildman–Crippen MR) is 32.7 cm³/mol. The number of imidazole rings is 1. The van der Waals surface area contributed by atoms with Crippen LogP contribution in [0.1, 0.15) is 0 Å². The predicted octanol–water partition coefficient (Wildman–Crippen LogP) is 0.758. The first kappa shape index (κ1) is 4.49. The van der Waals surface area contributed by atoms with Crippen molar-refractivity contribution >= 4 is 11.2 Å². The van der Waals surface area contributed by atoms with Crippen LogP contribution in [0.4, 0.5) is 0 Å². The summed E-state index contributed by atoms with van der Waals surface area (Å²) in [5.74, 6) is 0. The molecule has 0 amide bonds. The Labute approximate surface area is 51.8 Å². The summed E-state index contributed by atoms with van der Waals surface area (Å²) in [6.07, 6.45) is 4.31. The standard InChI is InChI=1S/C6H4N3/c1-2-5-6(7-3-1)9-4-8-5/h1-2,4H,(H,7,8,9). The lowest BCUT2D eigenvalue weighted by Crippen LogP contribution is -1.72. The van der Waals surface area contributed by atoms with Crippen LogP contribution < -0.4 is 0 Å². The van der Waals surface area contributed by atoms with E-state index in [4.69, 9.17) is 0 Å². The van der Waals surface area contributed by atoms with Crippen LogP contribution in [0.3, 0.4) is 0 Å². The molecule has 0 atom stereocenters. The highest BCUT2D eigenvalue weighted by atomic mass is 14.9. The minimum atomic E-state index is 0.720. The molecule has 2 heterocycles. The molecular weight excluding hydrogens is 114 g/mol. The topological polar surface area (TPSA) is 41.6 Å². The highest BCUT2D eigenvalue weighted by Gasteiger charge is 1.90. The first-order valence-electron chi connectivity index (χ1n) is 2.63. The molecule has 0 bridgehead atoms. The minimum absolute atomic E-state index is 0.720. The van der Waals surface area contributed by atoms with Crippen molar-refractivity contribution in [2.24, 2.45) is 0 Å². The van der Waals surface area contributed by atoms with Gasteiger partial charge in [-0.2, -0.15) is 0 Å². The van der Waals surface area contributed by atoms with Gasteiger partial charge in [0.15, 0.2) is 5.65 Å². The molecule has 0 aromatic carbocycles. The van der Waals surface area contributed by atoms with E-state index in [9.17, 15) is 0 Å². The lowest BCUT2D eigenvalue weighted by Gasteiger charge is -1.79. The molecule has 2 aromatic rings. The fraction of sp³-hybridized carbons (Fsp3) is 0. The summed E-state index contributed by atoms with van der Waals surface area (Å²) in [6, 6.07) is 3.63. The quantitative estimate of drug-likeness (QED) is 0.554. The third-order valence-corrected chi connectivity index (χ3v) is 1.14. The van der Waals surface area contributed by atoms with E-state index >= 15 is 0 Å². The van der Waals surface area contributed by atoms with Crippen molar-refractivity contribution < 1.29 is 0 Å². The van der Waals surface area contributed by atoms with Crippen LogP contribution in [-0.2, 0) is 0 Å². The Kier molecular flexibility index (Phi) is 0.773. The van der Waals surface area contributed by atoms with E-state index in [2.05, 4.69) is 21.1 Å². The molecule has 0 saturated carbocycles. The number of aromatic amines is 1. The molecule has 3 nitrogen and oxygen atoms in total. The van der Waals surface area contributed by atoms with E-state index in [1.54, 1.807) is 12.4 Å². The van der Waals surface area contributed by atoms with E-state index in [1.807, 2.05) is 6.07 Å². The van der Waals surface area contributed by atoms with Gasteiger partial charge in [-0.1, -0.05) is 0 Å². The molecule has 0 aliphatic heterocycles. The molecule has 0 unspecified atom stereocenters. The second-order valence-corrected chi connectivity index (χ2v) is 1.71. The Balaban J connectivity index is 2.95. The van der Waals surface area contributed by atoms with Gasteiger partial charge in [0, 0.05) is 0 Å². The van der Waals surface area contributed by atoms with E-state index in [0.29, 0.717) is 0 Å². The van der Waals surface area contributed by atoms with Crippen LogP contribution in [0, 0.1) is 6.20 Å². The maximum Gasteiger partial charge on any atom is 0.178 e. The Bertz CT molecular complexity index is 282. The van der Waals surface area contributed by atoms with Gasteiger partial charge in [-0.3, -0.25) is 0 Å². The van der Waals surface area contributed by atoms with Crippen LogP contribution in [0.2, 0.25) is 0 Å². The fourth-order valence-corrected chi connectivity index (χ4v) is 0.728. The Morgan fingerprint density at radius 3 is 3.44 bits per heavy atom. The second-order valence-electron chi connectivity index (χ2n) is 1.71. The number of hydrogen-bond donors (Lipinski definition) is 1. The molecule has 0 saturated heterocycles. The highest BCUT2D eigenvalue weighted by molar-refractivity contribution is 5.68. The van der Waals surface area contributed by atoms with Crippen molar-refractivity contribution in [2.75, 3.05) is 0 Å². The summed E-state index contributed by atoms with van der Waals surface area (Å²) in [6.45, 7) is 0. The zero-order valence-corrected chi connectivity index (χ0v) is 4.63. The van der Waals surface area contributed by atoms with Crippen molar-refractivity contribution in [3.05, 3.63) is 24.7 Å². The summed E-state index contributed by atoms with van der Waals surface area (Å²) in [4.78, 5) is 10.7. The minimum Gasteiger partial charge on any atom is -0.343 e. The van der Waals surface area contributed by atoms with Gasteiger partial charge >= 0.3 is 0 Å². The van der Waals surface area contributed by atoms with Gasteiger partial charge in [-0.25, -0.2) is 9.97 Å². The lowest BCUT2D eigenvalue weighted by molar-refractivity contribution is 1.30. The maximum atomic E-state index is 3.92. The molecule has 0 fully saturated rings. The van der Waals surface area contributed by atoms with Gasteiger partial charge in [0.2, 0.25) is 0 Å². The Morgan fingerprint density at radius 1 is 1.56 bits per heavy atom. The van der Waals surface area contributed by atoms with E-state index in [1.165, 1.54) is 0 Å². The number of fused-ring (bicyclic) bond motifs is 1. The van der Waals surface area contributed by atoms with Crippen LogP contribution in [-0.4, -0.2) is 15.0 Å². The summed E-state index contributed by atoms with van der Waals surface area (Å²) >= 11 is 0. The number of hydrogen-bond acceptors (Lipinski definition) is 2. The van der Waals surface area contributed by atoms with Gasteiger partial charge in [0.05, 0.1) is 18.0 Å². The van der Waals surface area contributed by atoms with Crippen molar-refractivity contribution in [1.82, 2.24) is 15.0 Å². The zero-order valence-electron chi connectivity index (χ0n) is 4.63. The number of nitrogens with zero attached hydrogens (tertiary/aromatic N) is 2. The average molecular weight is 118 g/mol. The van der Waals surface area contributed by atoms with Gasteiger partial charge in [0.25, 0.3) is 0 Å². The molecule has 0 spiro atoms. The number of rotatable bonds is 0. The number of nitrogens with one attached hydrogen (secondary N) is 1. The van der Waals surface area contributed by atoms with Crippen molar-refractivity contribution in [2.45, 2.75) is 0 Å². The number of aromatic nitrogens is 3. The average Bonchev–Trinajstić information content (AvgIpc) is 2.33. The third kappa shape index (κ3) is 0.579. The molecule has 0 aliphatic rings. The van der Waals surface area contributed by atoms with Gasteiger partial charge in [0.1, 0.15) is 0 Å². The van der Waals surface area contributed by atoms with Crippen LogP contribution in [0.15, 0.2) is 18.5 Å². The summed E-state index contributed by atoms with van der Waals surface area (Å²) in [5.41, 5.74) is 1.67. The normalized spacial score (nSPS) is 10.2. The number of H-pyrrole nitrogens is 1. The van der Waals surface area contributed by atoms with Crippen molar-refractivity contribution in [3.63, 3.8) is 0 Å². The maximum absolute atomic E-state index is 3.92. The van der Waals surface area contributed by atoms with E-state index in [0.717, 1.165) is 11.2 Å². The first-order valence-corrected chi connectivity index (χ1v) is 2.63. The van der Waals surface area contributed by atoms with Gasteiger partial charge < -0.3 is 4.98 Å². The molecule has 1 radical (unpaired) electrons. The van der Waals surface area contributed by atoms with Crippen molar-refractivity contribution in [3.8, 4) is 0 Å². The Morgan fingerprint density at radius 2 is 2.56 bits per heavy atom. The summed E-state index contributed by atoms with van der Waals surface area (Å²) in [5, 5.41) is 0. The SMILES string of the molecule is [c]1ccc2[nH]cnc2n1. The van der Waals surface area contributed by atoms with Crippen LogP contribution in [0.5, 0.6) is 0 Å². The van der Waals surface area contributed by atoms with Crippen LogP contribution in [0.25, 0.3) is 11.2 Å². The molecule has 2 rings (SSSR count). The third-order valence-electron chi connectivity index (χ3n) is 1.14. The zero-order chi connectivity index (χ0) is 6.10. The second kappa shape index (κ2) is 1.55. The van der Waals surface area contributed by atoms with E-state index < -0.39 is 0 Å². The smallest absolute Gasteiger partial charge is 0.178 e. The van der Waals surface area contributed by atoms with E-state index in [-0.39, 0.29) is 0 Å². The van der Waals surface area contributed by atoms with Gasteiger partial charge in [-0.05, 0) is 12.1 Å². The molecule has 3 heteroatoms. The van der Waals surface area contributed by atoms with Gasteiger partial charge in [-0.15, -0.1) is 0 Å². The monoisotopic (exact) mass is 118 g/mol. The van der Waals surface area contributed by atoms with Crippen molar-refractivity contribution in [1.29, 1.82) is 0 Å². The molecular formula is C6H4N3. The lowest BCUT2D eigenvalue weighted by atomic mass is 10.4. The highest BCUT2D eigenvalue weighted by Crippen LogP contribution is 2.00. The number of pyridine rings is 1. The van der Waals surface area contributed by atoms with Crippen LogP contribution >= 0.6 is 0 Å².